The Labute approximate surface area is 150 Å². The number of unbranched alkanes of at least 4 members (excludes halogenated alkanes) is 1. The summed E-state index contributed by atoms with van der Waals surface area (Å²) in [6.45, 7) is 8.12. The number of nitrogens with zero attached hydrogens (tertiary/aromatic N) is 2. The van der Waals surface area contributed by atoms with E-state index in [4.69, 9.17) is 4.74 Å². The first-order chi connectivity index (χ1) is 12.1. The largest absolute Gasteiger partial charge is 0.497 e. The third-order valence-corrected chi connectivity index (χ3v) is 5.03. The third-order valence-electron chi connectivity index (χ3n) is 5.03. The van der Waals surface area contributed by atoms with Crippen LogP contribution in [-0.4, -0.2) is 48.4 Å². The fraction of sp³-hybridized carbons (Fsp3) is 0.600. The SMILES string of the molecule is CCCCN1C(=O)C[C@@H](C(=O)N(CC)CC)[C@H]1c1ccc(OC)cc1. The van der Waals surface area contributed by atoms with Crippen LogP contribution in [0.3, 0.4) is 0 Å². The van der Waals surface area contributed by atoms with Crippen molar-refractivity contribution in [2.75, 3.05) is 26.7 Å². The molecule has 0 N–H and O–H groups in total. The molecule has 2 rings (SSSR count). The molecule has 5 heteroatoms. The van der Waals surface area contributed by atoms with Crippen molar-refractivity contribution >= 4 is 11.8 Å². The van der Waals surface area contributed by atoms with E-state index in [2.05, 4.69) is 6.92 Å². The number of hydrogen-bond donors (Lipinski definition) is 0. The van der Waals surface area contributed by atoms with Crippen molar-refractivity contribution in [1.29, 1.82) is 0 Å². The van der Waals surface area contributed by atoms with Crippen LogP contribution in [0.1, 0.15) is 51.6 Å². The zero-order valence-electron chi connectivity index (χ0n) is 15.8. The highest BCUT2D eigenvalue weighted by molar-refractivity contribution is 5.90. The van der Waals surface area contributed by atoms with Crippen molar-refractivity contribution in [1.82, 2.24) is 9.80 Å². The monoisotopic (exact) mass is 346 g/mol. The first-order valence-electron chi connectivity index (χ1n) is 9.29. The van der Waals surface area contributed by atoms with Gasteiger partial charge in [-0.25, -0.2) is 0 Å². The number of hydrogen-bond acceptors (Lipinski definition) is 3. The first-order valence-corrected chi connectivity index (χ1v) is 9.29. The van der Waals surface area contributed by atoms with E-state index in [0.29, 0.717) is 26.1 Å². The van der Waals surface area contributed by atoms with Gasteiger partial charge in [-0.1, -0.05) is 25.5 Å². The lowest BCUT2D eigenvalue weighted by atomic mass is 9.92. The zero-order chi connectivity index (χ0) is 18.4. The Hall–Kier alpha value is -2.04. The lowest BCUT2D eigenvalue weighted by molar-refractivity contribution is -0.136. The molecule has 0 aromatic heterocycles. The van der Waals surface area contributed by atoms with Crippen LogP contribution in [0.4, 0.5) is 0 Å². The fourth-order valence-electron chi connectivity index (χ4n) is 3.59. The summed E-state index contributed by atoms with van der Waals surface area (Å²) in [6.07, 6.45) is 2.27. The summed E-state index contributed by atoms with van der Waals surface area (Å²) < 4.78 is 5.24. The maximum Gasteiger partial charge on any atom is 0.228 e. The molecule has 1 saturated heterocycles. The Bertz CT molecular complexity index is 581. The van der Waals surface area contributed by atoms with Gasteiger partial charge in [-0.15, -0.1) is 0 Å². The summed E-state index contributed by atoms with van der Waals surface area (Å²) in [4.78, 5) is 29.4. The molecule has 1 aliphatic rings. The van der Waals surface area contributed by atoms with Gasteiger partial charge in [-0.05, 0) is 38.0 Å². The van der Waals surface area contributed by atoms with Crippen LogP contribution in [0.2, 0.25) is 0 Å². The van der Waals surface area contributed by atoms with Crippen molar-refractivity contribution in [2.45, 2.75) is 46.1 Å². The van der Waals surface area contributed by atoms with Gasteiger partial charge in [0.05, 0.1) is 19.1 Å². The van der Waals surface area contributed by atoms with Crippen molar-refractivity contribution < 1.29 is 14.3 Å². The normalized spacial score (nSPS) is 20.0. The highest BCUT2D eigenvalue weighted by Gasteiger charge is 2.45. The number of benzene rings is 1. The van der Waals surface area contributed by atoms with Crippen molar-refractivity contribution in [3.05, 3.63) is 29.8 Å². The predicted molar refractivity (Wildman–Crippen MR) is 98.4 cm³/mol. The molecule has 1 aromatic carbocycles. The molecule has 0 aliphatic carbocycles. The van der Waals surface area contributed by atoms with Gasteiger partial charge in [0.2, 0.25) is 11.8 Å². The number of methoxy groups -OCH3 is 1. The van der Waals surface area contributed by atoms with Gasteiger partial charge in [0.15, 0.2) is 0 Å². The summed E-state index contributed by atoms with van der Waals surface area (Å²) in [5.74, 6) is 0.635. The molecule has 1 aliphatic heterocycles. The molecule has 1 aromatic rings. The molecule has 1 heterocycles. The average molecular weight is 346 g/mol. The van der Waals surface area contributed by atoms with Crippen LogP contribution < -0.4 is 4.74 Å². The number of carbonyl (C=O) groups excluding carboxylic acids is 2. The Morgan fingerprint density at radius 3 is 2.36 bits per heavy atom. The van der Waals surface area contributed by atoms with Crippen molar-refractivity contribution in [3.63, 3.8) is 0 Å². The van der Waals surface area contributed by atoms with Gasteiger partial charge < -0.3 is 14.5 Å². The molecule has 0 bridgehead atoms. The van der Waals surface area contributed by atoms with Crippen molar-refractivity contribution in [3.8, 4) is 5.75 Å². The van der Waals surface area contributed by atoms with Gasteiger partial charge in [0.25, 0.3) is 0 Å². The quantitative estimate of drug-likeness (QED) is 0.726. The second kappa shape index (κ2) is 8.88. The molecule has 0 radical (unpaired) electrons. The Morgan fingerprint density at radius 2 is 1.84 bits per heavy atom. The van der Waals surface area contributed by atoms with Crippen LogP contribution in [-0.2, 0) is 9.59 Å². The summed E-state index contributed by atoms with van der Waals surface area (Å²) in [5, 5.41) is 0. The maximum atomic E-state index is 13.0. The Balaban J connectivity index is 2.35. The van der Waals surface area contributed by atoms with Crippen LogP contribution in [0.5, 0.6) is 5.75 Å². The number of rotatable bonds is 8. The maximum absolute atomic E-state index is 13.0. The topological polar surface area (TPSA) is 49.9 Å². The lowest BCUT2D eigenvalue weighted by Crippen LogP contribution is -2.39. The molecule has 5 nitrogen and oxygen atoms in total. The van der Waals surface area contributed by atoms with Gasteiger partial charge in [-0.3, -0.25) is 9.59 Å². The predicted octanol–water partition coefficient (Wildman–Crippen LogP) is 3.25. The highest BCUT2D eigenvalue weighted by Crippen LogP contribution is 2.39. The average Bonchev–Trinajstić information content (AvgIpc) is 2.97. The van der Waals surface area contributed by atoms with Gasteiger partial charge in [-0.2, -0.15) is 0 Å². The van der Waals surface area contributed by atoms with E-state index in [1.54, 1.807) is 7.11 Å². The number of ether oxygens (including phenoxy) is 1. The summed E-state index contributed by atoms with van der Waals surface area (Å²) >= 11 is 0. The fourth-order valence-corrected chi connectivity index (χ4v) is 3.59. The second-order valence-corrected chi connectivity index (χ2v) is 6.48. The second-order valence-electron chi connectivity index (χ2n) is 6.48. The minimum Gasteiger partial charge on any atom is -0.497 e. The lowest BCUT2D eigenvalue weighted by Gasteiger charge is -2.31. The molecule has 1 fully saturated rings. The van der Waals surface area contributed by atoms with Crippen LogP contribution in [0, 0.1) is 5.92 Å². The Morgan fingerprint density at radius 1 is 1.20 bits per heavy atom. The smallest absolute Gasteiger partial charge is 0.228 e. The van der Waals surface area contributed by atoms with E-state index in [9.17, 15) is 9.59 Å². The van der Waals surface area contributed by atoms with E-state index in [1.165, 1.54) is 0 Å². The van der Waals surface area contributed by atoms with E-state index < -0.39 is 0 Å². The van der Waals surface area contributed by atoms with Crippen LogP contribution >= 0.6 is 0 Å². The summed E-state index contributed by atoms with van der Waals surface area (Å²) in [5.41, 5.74) is 1.01. The van der Waals surface area contributed by atoms with Gasteiger partial charge >= 0.3 is 0 Å². The molecule has 0 saturated carbocycles. The van der Waals surface area contributed by atoms with E-state index >= 15 is 0 Å². The van der Waals surface area contributed by atoms with E-state index in [-0.39, 0.29) is 23.8 Å². The summed E-state index contributed by atoms with van der Waals surface area (Å²) in [7, 11) is 1.63. The standard InChI is InChI=1S/C20H30N2O3/c1-5-8-13-22-18(23)14-17(20(24)21(6-2)7-3)19(22)15-9-11-16(25-4)12-10-15/h9-12,17,19H,5-8,13-14H2,1-4H3/t17-,19-/m1/s1. The molecule has 25 heavy (non-hydrogen) atoms. The molecule has 2 atom stereocenters. The van der Waals surface area contributed by atoms with E-state index in [0.717, 1.165) is 24.2 Å². The van der Waals surface area contributed by atoms with Gasteiger partial charge in [0.1, 0.15) is 5.75 Å². The minimum atomic E-state index is -0.308. The van der Waals surface area contributed by atoms with Gasteiger partial charge in [0, 0.05) is 26.1 Å². The van der Waals surface area contributed by atoms with E-state index in [1.807, 2.05) is 47.9 Å². The minimum absolute atomic E-state index is 0.0816. The molecule has 138 valence electrons. The number of likely N-dealkylation sites (tertiary alicyclic amines) is 1. The van der Waals surface area contributed by atoms with Crippen LogP contribution in [0.25, 0.3) is 0 Å². The first kappa shape index (κ1) is 19.3. The highest BCUT2D eigenvalue weighted by atomic mass is 16.5. The zero-order valence-corrected chi connectivity index (χ0v) is 15.8. The molecule has 2 amide bonds. The summed E-state index contributed by atoms with van der Waals surface area (Å²) in [6, 6.07) is 7.56. The molecular weight excluding hydrogens is 316 g/mol. The third kappa shape index (κ3) is 4.14. The molecular formula is C20H30N2O3. The molecule has 0 spiro atoms. The number of carbonyl (C=O) groups is 2. The molecule has 0 unspecified atom stereocenters. The van der Waals surface area contributed by atoms with Crippen LogP contribution in [0.15, 0.2) is 24.3 Å². The van der Waals surface area contributed by atoms with Crippen molar-refractivity contribution in [2.24, 2.45) is 5.92 Å². The Kier molecular flexibility index (Phi) is 6.85. The number of amides is 2.